The van der Waals surface area contributed by atoms with Crippen LogP contribution in [0.2, 0.25) is 0 Å². The van der Waals surface area contributed by atoms with E-state index < -0.39 is 0 Å². The van der Waals surface area contributed by atoms with Crippen molar-refractivity contribution in [2.24, 2.45) is 0 Å². The summed E-state index contributed by atoms with van der Waals surface area (Å²) in [5.74, 6) is 0.538. The third-order valence-corrected chi connectivity index (χ3v) is 4.05. The Morgan fingerprint density at radius 2 is 1.95 bits per heavy atom. The molecule has 0 unspecified atom stereocenters. The number of ether oxygens (including phenoxy) is 1. The molecule has 0 bridgehead atoms. The summed E-state index contributed by atoms with van der Waals surface area (Å²) in [5.41, 5.74) is 4.09. The number of rotatable bonds is 4. The topological polar surface area (TPSA) is 38.3 Å². The number of nitrogens with one attached hydrogen (secondary N) is 1. The van der Waals surface area contributed by atoms with Gasteiger partial charge < -0.3 is 10.1 Å². The lowest BCUT2D eigenvalue weighted by Gasteiger charge is -2.10. The van der Waals surface area contributed by atoms with Gasteiger partial charge >= 0.3 is 0 Å². The normalized spacial score (nSPS) is 10.3. The van der Waals surface area contributed by atoms with Gasteiger partial charge in [0.1, 0.15) is 5.75 Å². The first kappa shape index (κ1) is 15.6. The van der Waals surface area contributed by atoms with Crippen LogP contribution in [0.4, 0.5) is 0 Å². The molecule has 2 aromatic rings. The summed E-state index contributed by atoms with van der Waals surface area (Å²) >= 11 is 3.39. The number of aryl methyl sites for hydroxylation is 2. The highest BCUT2D eigenvalue weighted by Gasteiger charge is 2.11. The van der Waals surface area contributed by atoms with Gasteiger partial charge in [-0.25, -0.2) is 0 Å². The Balaban J connectivity index is 2.11. The van der Waals surface area contributed by atoms with Crippen LogP contribution in [-0.4, -0.2) is 13.0 Å². The van der Waals surface area contributed by atoms with Gasteiger partial charge in [0.2, 0.25) is 0 Å². The largest absolute Gasteiger partial charge is 0.497 e. The molecule has 0 fully saturated rings. The highest BCUT2D eigenvalue weighted by molar-refractivity contribution is 9.10. The zero-order valence-electron chi connectivity index (χ0n) is 12.4. The molecule has 1 N–H and O–H groups in total. The quantitative estimate of drug-likeness (QED) is 0.907. The van der Waals surface area contributed by atoms with Crippen LogP contribution in [0.15, 0.2) is 40.9 Å². The Bertz CT molecular complexity index is 668. The second-order valence-corrected chi connectivity index (χ2v) is 5.81. The van der Waals surface area contributed by atoms with Gasteiger partial charge in [-0.2, -0.15) is 0 Å². The van der Waals surface area contributed by atoms with E-state index in [1.807, 2.05) is 18.2 Å². The number of hydrogen-bond donors (Lipinski definition) is 1. The number of hydrogen-bond acceptors (Lipinski definition) is 2. The first-order valence-electron chi connectivity index (χ1n) is 6.69. The van der Waals surface area contributed by atoms with E-state index >= 15 is 0 Å². The minimum absolute atomic E-state index is 0.124. The number of halogens is 1. The van der Waals surface area contributed by atoms with Crippen molar-refractivity contribution in [3.05, 3.63) is 63.1 Å². The molecule has 3 nitrogen and oxygen atoms in total. The summed E-state index contributed by atoms with van der Waals surface area (Å²) in [7, 11) is 1.58. The van der Waals surface area contributed by atoms with Crippen LogP contribution in [-0.2, 0) is 6.54 Å². The molecule has 1 amide bonds. The molecule has 2 rings (SSSR count). The summed E-state index contributed by atoms with van der Waals surface area (Å²) in [6, 6.07) is 11.6. The van der Waals surface area contributed by atoms with Crippen molar-refractivity contribution < 1.29 is 9.53 Å². The minimum atomic E-state index is -0.124. The van der Waals surface area contributed by atoms with Gasteiger partial charge in [-0.15, -0.1) is 0 Å². The summed E-state index contributed by atoms with van der Waals surface area (Å²) < 4.78 is 5.91. The molecular formula is C17H18BrNO2. The summed E-state index contributed by atoms with van der Waals surface area (Å²) in [5, 5.41) is 2.94. The van der Waals surface area contributed by atoms with Gasteiger partial charge in [-0.3, -0.25) is 4.79 Å². The summed E-state index contributed by atoms with van der Waals surface area (Å²) in [4.78, 5) is 12.3. The van der Waals surface area contributed by atoms with E-state index in [0.717, 1.165) is 10.0 Å². The van der Waals surface area contributed by atoms with Crippen molar-refractivity contribution in [2.75, 3.05) is 7.11 Å². The average Bonchev–Trinajstić information content (AvgIpc) is 2.46. The smallest absolute Gasteiger partial charge is 0.252 e. The third-order valence-electron chi connectivity index (χ3n) is 3.36. The lowest BCUT2D eigenvalue weighted by atomic mass is 10.1. The molecule has 0 aromatic heterocycles. The van der Waals surface area contributed by atoms with Crippen LogP contribution in [0, 0.1) is 13.8 Å². The lowest BCUT2D eigenvalue weighted by molar-refractivity contribution is 0.0949. The highest BCUT2D eigenvalue weighted by Crippen LogP contribution is 2.22. The minimum Gasteiger partial charge on any atom is -0.497 e. The molecule has 21 heavy (non-hydrogen) atoms. The Kier molecular flexibility index (Phi) is 5.02. The molecular weight excluding hydrogens is 330 g/mol. The molecule has 0 aliphatic rings. The molecule has 0 aliphatic heterocycles. The molecule has 0 spiro atoms. The molecule has 0 atom stereocenters. The van der Waals surface area contributed by atoms with Crippen molar-refractivity contribution >= 4 is 21.8 Å². The predicted octanol–water partition coefficient (Wildman–Crippen LogP) is 4.00. The average molecular weight is 348 g/mol. The fourth-order valence-electron chi connectivity index (χ4n) is 2.12. The third kappa shape index (κ3) is 3.85. The monoisotopic (exact) mass is 347 g/mol. The molecule has 0 aliphatic carbocycles. The van der Waals surface area contributed by atoms with E-state index in [2.05, 4.69) is 47.2 Å². The molecule has 0 heterocycles. The number of benzene rings is 2. The Hall–Kier alpha value is -1.81. The van der Waals surface area contributed by atoms with E-state index in [4.69, 9.17) is 4.74 Å². The highest BCUT2D eigenvalue weighted by atomic mass is 79.9. The maximum Gasteiger partial charge on any atom is 0.252 e. The van der Waals surface area contributed by atoms with E-state index in [1.165, 1.54) is 11.1 Å². The zero-order chi connectivity index (χ0) is 15.4. The summed E-state index contributed by atoms with van der Waals surface area (Å²) in [6.07, 6.45) is 0. The van der Waals surface area contributed by atoms with Gasteiger partial charge in [0.15, 0.2) is 0 Å². The molecule has 110 valence electrons. The Labute approximate surface area is 133 Å². The second kappa shape index (κ2) is 6.76. The first-order valence-corrected chi connectivity index (χ1v) is 7.48. The lowest BCUT2D eigenvalue weighted by Crippen LogP contribution is -2.23. The van der Waals surface area contributed by atoms with E-state index in [-0.39, 0.29) is 5.91 Å². The fraction of sp³-hybridized carbons (Fsp3) is 0.235. The zero-order valence-corrected chi connectivity index (χ0v) is 14.0. The van der Waals surface area contributed by atoms with E-state index in [1.54, 1.807) is 13.2 Å². The van der Waals surface area contributed by atoms with Crippen LogP contribution in [0.1, 0.15) is 27.0 Å². The van der Waals surface area contributed by atoms with Crippen LogP contribution < -0.4 is 10.1 Å². The van der Waals surface area contributed by atoms with Crippen molar-refractivity contribution in [1.29, 1.82) is 0 Å². The van der Waals surface area contributed by atoms with E-state index in [9.17, 15) is 4.79 Å². The SMILES string of the molecule is COc1ccc(Br)c(C(=O)NCc2ccc(C)cc2C)c1. The molecule has 0 saturated carbocycles. The number of amides is 1. The Morgan fingerprint density at radius 3 is 2.62 bits per heavy atom. The summed E-state index contributed by atoms with van der Waals surface area (Å²) in [6.45, 7) is 4.62. The standard InChI is InChI=1S/C17H18BrNO2/c1-11-4-5-13(12(2)8-11)10-19-17(20)15-9-14(21-3)6-7-16(15)18/h4-9H,10H2,1-3H3,(H,19,20). The second-order valence-electron chi connectivity index (χ2n) is 4.96. The van der Waals surface area contributed by atoms with Gasteiger partial charge in [-0.1, -0.05) is 23.8 Å². The van der Waals surface area contributed by atoms with Crippen molar-refractivity contribution in [3.8, 4) is 5.75 Å². The predicted molar refractivity (Wildman–Crippen MR) is 87.8 cm³/mol. The van der Waals surface area contributed by atoms with Crippen molar-refractivity contribution in [3.63, 3.8) is 0 Å². The number of carbonyl (C=O) groups excluding carboxylic acids is 1. The maximum atomic E-state index is 12.3. The van der Waals surface area contributed by atoms with Gasteiger partial charge in [0.25, 0.3) is 5.91 Å². The molecule has 0 saturated heterocycles. The van der Waals surface area contributed by atoms with Crippen LogP contribution >= 0.6 is 15.9 Å². The van der Waals surface area contributed by atoms with E-state index in [0.29, 0.717) is 17.9 Å². The molecule has 0 radical (unpaired) electrons. The number of carbonyl (C=O) groups is 1. The van der Waals surface area contributed by atoms with Gasteiger partial charge in [0.05, 0.1) is 12.7 Å². The van der Waals surface area contributed by atoms with Crippen LogP contribution in [0.25, 0.3) is 0 Å². The molecule has 4 heteroatoms. The Morgan fingerprint density at radius 1 is 1.19 bits per heavy atom. The first-order chi connectivity index (χ1) is 10.0. The molecule has 2 aromatic carbocycles. The van der Waals surface area contributed by atoms with Gasteiger partial charge in [0, 0.05) is 11.0 Å². The maximum absolute atomic E-state index is 12.3. The van der Waals surface area contributed by atoms with Crippen LogP contribution in [0.5, 0.6) is 5.75 Å². The van der Waals surface area contributed by atoms with Crippen molar-refractivity contribution in [1.82, 2.24) is 5.32 Å². The fourth-order valence-corrected chi connectivity index (χ4v) is 2.55. The van der Waals surface area contributed by atoms with Crippen molar-refractivity contribution in [2.45, 2.75) is 20.4 Å². The van der Waals surface area contributed by atoms with Crippen LogP contribution in [0.3, 0.4) is 0 Å². The number of methoxy groups -OCH3 is 1. The van der Waals surface area contributed by atoms with Gasteiger partial charge in [-0.05, 0) is 59.1 Å².